The zero-order valence-electron chi connectivity index (χ0n) is 17.2. The number of hydrogen-bond acceptors (Lipinski definition) is 4. The molecule has 3 rings (SSSR count). The van der Waals surface area contributed by atoms with E-state index >= 15 is 0 Å². The first-order valence-corrected chi connectivity index (χ1v) is 11.1. The van der Waals surface area contributed by atoms with Crippen molar-refractivity contribution in [1.29, 1.82) is 0 Å². The monoisotopic (exact) mass is 363 g/mol. The molecule has 3 aliphatic rings. The average Bonchev–Trinajstić information content (AvgIpc) is 2.66. The minimum atomic E-state index is 0.516. The number of nitrogens with one attached hydrogen (secondary N) is 1. The van der Waals surface area contributed by atoms with Crippen LogP contribution in [0.25, 0.3) is 0 Å². The molecule has 0 aromatic heterocycles. The maximum Gasteiger partial charge on any atom is 0.0603 e. The van der Waals surface area contributed by atoms with Crippen molar-refractivity contribution in [1.82, 2.24) is 15.1 Å². The first-order chi connectivity index (χ1) is 12.7. The fraction of sp³-hybridized carbons (Fsp3) is 0.909. The molecule has 2 unspecified atom stereocenters. The summed E-state index contributed by atoms with van der Waals surface area (Å²) in [6.45, 7) is 15.8. The Hall–Kier alpha value is -0.420. The molecule has 150 valence electrons. The van der Waals surface area contributed by atoms with Crippen LogP contribution in [-0.2, 0) is 4.74 Å². The second-order valence-corrected chi connectivity index (χ2v) is 8.95. The lowest BCUT2D eigenvalue weighted by Crippen LogP contribution is -2.57. The third kappa shape index (κ3) is 5.79. The Bertz CT molecular complexity index is 416. The quantitative estimate of drug-likeness (QED) is 0.703. The lowest BCUT2D eigenvalue weighted by Gasteiger charge is -2.46. The van der Waals surface area contributed by atoms with Crippen molar-refractivity contribution in [3.05, 3.63) is 12.7 Å². The van der Waals surface area contributed by atoms with Crippen molar-refractivity contribution < 1.29 is 4.74 Å². The largest absolute Gasteiger partial charge is 0.375 e. The van der Waals surface area contributed by atoms with Gasteiger partial charge in [-0.2, -0.15) is 0 Å². The molecule has 0 radical (unpaired) electrons. The van der Waals surface area contributed by atoms with Crippen LogP contribution in [0.1, 0.15) is 58.8 Å². The van der Waals surface area contributed by atoms with Crippen molar-refractivity contribution in [2.24, 2.45) is 5.92 Å². The molecule has 4 nitrogen and oxygen atoms in total. The smallest absolute Gasteiger partial charge is 0.0603 e. The molecule has 2 heterocycles. The highest BCUT2D eigenvalue weighted by Gasteiger charge is 2.32. The van der Waals surface area contributed by atoms with Crippen molar-refractivity contribution in [3.63, 3.8) is 0 Å². The minimum absolute atomic E-state index is 0.516. The molecule has 0 bridgehead atoms. The fourth-order valence-electron chi connectivity index (χ4n) is 5.08. The van der Waals surface area contributed by atoms with E-state index in [2.05, 4.69) is 35.5 Å². The molecule has 2 aliphatic heterocycles. The summed E-state index contributed by atoms with van der Waals surface area (Å²) in [5.41, 5.74) is 0. The highest BCUT2D eigenvalue weighted by molar-refractivity contribution is 4.88. The van der Waals surface area contributed by atoms with Crippen LogP contribution < -0.4 is 5.32 Å². The van der Waals surface area contributed by atoms with Crippen LogP contribution in [0.4, 0.5) is 0 Å². The number of rotatable bonds is 7. The number of hydrogen-bond donors (Lipinski definition) is 1. The maximum absolute atomic E-state index is 6.39. The Kier molecular flexibility index (Phi) is 7.98. The highest BCUT2D eigenvalue weighted by Crippen LogP contribution is 2.30. The molecular weight excluding hydrogens is 322 g/mol. The SMILES string of the molecule is C=CCCN1CC(C)N(CC2CCC(OC3CCNCC3)CC2)CC1C. The van der Waals surface area contributed by atoms with Crippen molar-refractivity contribution in [2.45, 2.75) is 83.1 Å². The van der Waals surface area contributed by atoms with E-state index in [9.17, 15) is 0 Å². The minimum Gasteiger partial charge on any atom is -0.375 e. The summed E-state index contributed by atoms with van der Waals surface area (Å²) in [6.07, 6.45) is 11.9. The van der Waals surface area contributed by atoms with Crippen LogP contribution >= 0.6 is 0 Å². The van der Waals surface area contributed by atoms with Crippen molar-refractivity contribution >= 4 is 0 Å². The Balaban J connectivity index is 1.38. The number of piperazine rings is 1. The lowest BCUT2D eigenvalue weighted by molar-refractivity contribution is -0.0523. The first kappa shape index (κ1) is 20.3. The van der Waals surface area contributed by atoms with Crippen LogP contribution in [0.15, 0.2) is 12.7 Å². The Morgan fingerprint density at radius 1 is 0.923 bits per heavy atom. The molecule has 0 aromatic carbocycles. The van der Waals surface area contributed by atoms with Gasteiger partial charge in [-0.05, 0) is 77.8 Å². The molecule has 0 amide bonds. The van der Waals surface area contributed by atoms with Crippen LogP contribution in [0.2, 0.25) is 0 Å². The van der Waals surface area contributed by atoms with Gasteiger partial charge in [-0.1, -0.05) is 6.08 Å². The zero-order chi connectivity index (χ0) is 18.4. The molecule has 2 saturated heterocycles. The highest BCUT2D eigenvalue weighted by atomic mass is 16.5. The van der Waals surface area contributed by atoms with Gasteiger partial charge in [0.2, 0.25) is 0 Å². The molecular formula is C22H41N3O. The van der Waals surface area contributed by atoms with Gasteiger partial charge in [-0.15, -0.1) is 6.58 Å². The molecule has 1 N–H and O–H groups in total. The predicted molar refractivity (Wildman–Crippen MR) is 110 cm³/mol. The van der Waals surface area contributed by atoms with Gasteiger partial charge < -0.3 is 10.1 Å². The molecule has 0 spiro atoms. The Morgan fingerprint density at radius 3 is 2.23 bits per heavy atom. The summed E-state index contributed by atoms with van der Waals surface area (Å²) in [6, 6.07) is 1.35. The number of piperidine rings is 1. The van der Waals surface area contributed by atoms with Gasteiger partial charge in [-0.25, -0.2) is 0 Å². The Morgan fingerprint density at radius 2 is 1.54 bits per heavy atom. The third-order valence-corrected chi connectivity index (χ3v) is 6.82. The molecule has 2 atom stereocenters. The molecule has 26 heavy (non-hydrogen) atoms. The molecule has 4 heteroatoms. The topological polar surface area (TPSA) is 27.7 Å². The van der Waals surface area contributed by atoms with E-state index in [0.29, 0.717) is 24.3 Å². The summed E-state index contributed by atoms with van der Waals surface area (Å²) in [5, 5.41) is 3.43. The van der Waals surface area contributed by atoms with E-state index in [1.807, 2.05) is 6.08 Å². The van der Waals surface area contributed by atoms with Crippen LogP contribution in [0.5, 0.6) is 0 Å². The van der Waals surface area contributed by atoms with Gasteiger partial charge in [0.15, 0.2) is 0 Å². The summed E-state index contributed by atoms with van der Waals surface area (Å²) < 4.78 is 6.39. The van der Waals surface area contributed by atoms with E-state index in [1.165, 1.54) is 64.7 Å². The molecule has 0 aromatic rings. The zero-order valence-corrected chi connectivity index (χ0v) is 17.2. The van der Waals surface area contributed by atoms with Gasteiger partial charge in [0.1, 0.15) is 0 Å². The first-order valence-electron chi connectivity index (χ1n) is 11.1. The van der Waals surface area contributed by atoms with Gasteiger partial charge in [0.25, 0.3) is 0 Å². The normalized spacial score (nSPS) is 35.5. The van der Waals surface area contributed by atoms with Gasteiger partial charge in [0, 0.05) is 38.3 Å². The summed E-state index contributed by atoms with van der Waals surface area (Å²) in [5.74, 6) is 0.872. The summed E-state index contributed by atoms with van der Waals surface area (Å²) >= 11 is 0. The fourth-order valence-corrected chi connectivity index (χ4v) is 5.08. The van der Waals surface area contributed by atoms with Crippen LogP contribution in [0.3, 0.4) is 0 Å². The third-order valence-electron chi connectivity index (χ3n) is 6.82. The second-order valence-electron chi connectivity index (χ2n) is 8.95. The van der Waals surface area contributed by atoms with E-state index < -0.39 is 0 Å². The van der Waals surface area contributed by atoms with Gasteiger partial charge in [-0.3, -0.25) is 9.80 Å². The standard InChI is InChI=1S/C22H41N3O/c1-4-5-14-24-15-19(3)25(16-18(24)2)17-20-6-8-21(9-7-20)26-22-10-12-23-13-11-22/h4,18-23H,1,5-17H2,2-3H3. The Labute approximate surface area is 161 Å². The van der Waals surface area contributed by atoms with Gasteiger partial charge in [0.05, 0.1) is 12.2 Å². The number of nitrogens with zero attached hydrogens (tertiary/aromatic N) is 2. The lowest BCUT2D eigenvalue weighted by atomic mass is 9.86. The van der Waals surface area contributed by atoms with Crippen molar-refractivity contribution in [3.8, 4) is 0 Å². The molecule has 3 fully saturated rings. The average molecular weight is 364 g/mol. The second kappa shape index (κ2) is 10.2. The number of ether oxygens (including phenoxy) is 1. The summed E-state index contributed by atoms with van der Waals surface area (Å²) in [4.78, 5) is 5.40. The van der Waals surface area contributed by atoms with Crippen molar-refractivity contribution in [2.75, 3.05) is 39.3 Å². The van der Waals surface area contributed by atoms with Crippen LogP contribution in [-0.4, -0.2) is 73.4 Å². The molecule has 1 saturated carbocycles. The van der Waals surface area contributed by atoms with Gasteiger partial charge >= 0.3 is 0 Å². The van der Waals surface area contributed by atoms with E-state index in [4.69, 9.17) is 4.74 Å². The van der Waals surface area contributed by atoms with E-state index in [0.717, 1.165) is 25.4 Å². The van der Waals surface area contributed by atoms with E-state index in [-0.39, 0.29) is 0 Å². The predicted octanol–water partition coefficient (Wildman–Crippen LogP) is 3.28. The van der Waals surface area contributed by atoms with E-state index in [1.54, 1.807) is 0 Å². The van der Waals surface area contributed by atoms with Crippen LogP contribution in [0, 0.1) is 5.92 Å². The summed E-state index contributed by atoms with van der Waals surface area (Å²) in [7, 11) is 0. The maximum atomic E-state index is 6.39. The molecule has 1 aliphatic carbocycles.